The van der Waals surface area contributed by atoms with Crippen LogP contribution in [-0.4, -0.2) is 11.4 Å². The van der Waals surface area contributed by atoms with E-state index < -0.39 is 0 Å². The molecule has 0 bridgehead atoms. The summed E-state index contributed by atoms with van der Waals surface area (Å²) in [5.74, 6) is 1.17. The first-order valence-electron chi connectivity index (χ1n) is 5.73. The molecule has 2 heterocycles. The van der Waals surface area contributed by atoms with Crippen molar-refractivity contribution in [1.29, 1.82) is 0 Å². The van der Waals surface area contributed by atoms with Crippen molar-refractivity contribution in [3.8, 4) is 0 Å². The van der Waals surface area contributed by atoms with Gasteiger partial charge >= 0.3 is 0 Å². The van der Waals surface area contributed by atoms with Crippen molar-refractivity contribution in [2.24, 2.45) is 0 Å². The van der Waals surface area contributed by atoms with Gasteiger partial charge in [-0.1, -0.05) is 30.3 Å². The first kappa shape index (κ1) is 12.2. The van der Waals surface area contributed by atoms with Gasteiger partial charge in [-0.3, -0.25) is 4.90 Å². The number of benzene rings is 1. The molecule has 0 spiro atoms. The SMILES string of the molecule is Cl.c1ccc(CN2CCc3occc3C2)cc1. The van der Waals surface area contributed by atoms with Gasteiger partial charge in [0.2, 0.25) is 0 Å². The summed E-state index contributed by atoms with van der Waals surface area (Å²) in [6.07, 6.45) is 2.84. The van der Waals surface area contributed by atoms with E-state index in [0.29, 0.717) is 0 Å². The van der Waals surface area contributed by atoms with Crippen LogP contribution in [0.4, 0.5) is 0 Å². The average Bonchev–Trinajstić information content (AvgIpc) is 2.77. The van der Waals surface area contributed by atoms with Crippen LogP contribution in [0.3, 0.4) is 0 Å². The second kappa shape index (κ2) is 5.39. The van der Waals surface area contributed by atoms with Crippen LogP contribution in [0.5, 0.6) is 0 Å². The molecular weight excluding hydrogens is 234 g/mol. The molecule has 17 heavy (non-hydrogen) atoms. The number of furan rings is 1. The fraction of sp³-hybridized carbons (Fsp3) is 0.286. The highest BCUT2D eigenvalue weighted by Crippen LogP contribution is 2.21. The van der Waals surface area contributed by atoms with E-state index >= 15 is 0 Å². The largest absolute Gasteiger partial charge is 0.469 e. The predicted molar refractivity (Wildman–Crippen MR) is 70.2 cm³/mol. The predicted octanol–water partition coefficient (Wildman–Crippen LogP) is 3.26. The van der Waals surface area contributed by atoms with Gasteiger partial charge in [-0.2, -0.15) is 0 Å². The lowest BCUT2D eigenvalue weighted by atomic mass is 10.1. The molecule has 0 unspecified atom stereocenters. The molecular formula is C14H16ClNO. The monoisotopic (exact) mass is 249 g/mol. The Morgan fingerprint density at radius 3 is 2.76 bits per heavy atom. The van der Waals surface area contributed by atoms with Crippen molar-refractivity contribution in [2.75, 3.05) is 6.54 Å². The molecule has 0 fully saturated rings. The van der Waals surface area contributed by atoms with E-state index in [-0.39, 0.29) is 12.4 Å². The summed E-state index contributed by atoms with van der Waals surface area (Å²) in [6, 6.07) is 12.7. The summed E-state index contributed by atoms with van der Waals surface area (Å²) in [4.78, 5) is 2.47. The van der Waals surface area contributed by atoms with Crippen molar-refractivity contribution in [3.63, 3.8) is 0 Å². The molecule has 0 aliphatic carbocycles. The topological polar surface area (TPSA) is 16.4 Å². The smallest absolute Gasteiger partial charge is 0.109 e. The minimum absolute atomic E-state index is 0. The third kappa shape index (κ3) is 2.71. The fourth-order valence-electron chi connectivity index (χ4n) is 2.28. The number of fused-ring (bicyclic) bond motifs is 1. The van der Waals surface area contributed by atoms with Crippen LogP contribution >= 0.6 is 12.4 Å². The van der Waals surface area contributed by atoms with E-state index in [2.05, 4.69) is 41.3 Å². The third-order valence-electron chi connectivity index (χ3n) is 3.14. The highest BCUT2D eigenvalue weighted by molar-refractivity contribution is 5.85. The minimum Gasteiger partial charge on any atom is -0.469 e. The Labute approximate surface area is 108 Å². The van der Waals surface area contributed by atoms with Crippen LogP contribution in [0.25, 0.3) is 0 Å². The Hall–Kier alpha value is -1.25. The van der Waals surface area contributed by atoms with Gasteiger partial charge in [0.15, 0.2) is 0 Å². The van der Waals surface area contributed by atoms with Crippen molar-refractivity contribution < 1.29 is 4.42 Å². The number of rotatable bonds is 2. The molecule has 3 rings (SSSR count). The zero-order valence-corrected chi connectivity index (χ0v) is 10.5. The summed E-state index contributed by atoms with van der Waals surface area (Å²) in [5.41, 5.74) is 2.73. The molecule has 2 aromatic rings. The first-order valence-corrected chi connectivity index (χ1v) is 5.73. The third-order valence-corrected chi connectivity index (χ3v) is 3.14. The molecule has 1 aliphatic rings. The zero-order chi connectivity index (χ0) is 10.8. The summed E-state index contributed by atoms with van der Waals surface area (Å²) in [6.45, 7) is 3.14. The number of nitrogens with zero attached hydrogens (tertiary/aromatic N) is 1. The Bertz CT molecular complexity index is 466. The van der Waals surface area contributed by atoms with Crippen LogP contribution in [0.15, 0.2) is 47.1 Å². The maximum Gasteiger partial charge on any atom is 0.109 e. The lowest BCUT2D eigenvalue weighted by Gasteiger charge is -2.25. The molecule has 1 aromatic heterocycles. The second-order valence-corrected chi connectivity index (χ2v) is 4.32. The van der Waals surface area contributed by atoms with E-state index in [0.717, 1.165) is 26.1 Å². The van der Waals surface area contributed by atoms with Crippen molar-refractivity contribution in [2.45, 2.75) is 19.5 Å². The Balaban J connectivity index is 0.00000108. The number of halogens is 1. The molecule has 3 heteroatoms. The van der Waals surface area contributed by atoms with Gasteiger partial charge in [-0.15, -0.1) is 12.4 Å². The first-order chi connectivity index (χ1) is 7.92. The normalized spacial score (nSPS) is 15.1. The lowest BCUT2D eigenvalue weighted by Crippen LogP contribution is -2.29. The molecule has 0 radical (unpaired) electrons. The van der Waals surface area contributed by atoms with Crippen LogP contribution < -0.4 is 0 Å². The standard InChI is InChI=1S/C14H15NO.ClH/c1-2-4-12(5-3-1)10-15-8-6-14-13(11-15)7-9-16-14;/h1-5,7,9H,6,8,10-11H2;1H. The molecule has 1 aliphatic heterocycles. The van der Waals surface area contributed by atoms with Gasteiger partial charge in [0.05, 0.1) is 6.26 Å². The summed E-state index contributed by atoms with van der Waals surface area (Å²) in [5, 5.41) is 0. The Morgan fingerprint density at radius 1 is 1.12 bits per heavy atom. The van der Waals surface area contributed by atoms with Crippen LogP contribution in [-0.2, 0) is 19.5 Å². The lowest BCUT2D eigenvalue weighted by molar-refractivity contribution is 0.234. The molecule has 0 saturated heterocycles. The molecule has 0 saturated carbocycles. The second-order valence-electron chi connectivity index (χ2n) is 4.32. The van der Waals surface area contributed by atoms with E-state index in [4.69, 9.17) is 4.42 Å². The summed E-state index contributed by atoms with van der Waals surface area (Å²) >= 11 is 0. The maximum absolute atomic E-state index is 5.43. The molecule has 90 valence electrons. The molecule has 0 atom stereocenters. The van der Waals surface area contributed by atoms with Crippen LogP contribution in [0.2, 0.25) is 0 Å². The highest BCUT2D eigenvalue weighted by Gasteiger charge is 2.18. The zero-order valence-electron chi connectivity index (χ0n) is 9.63. The van der Waals surface area contributed by atoms with Crippen LogP contribution in [0, 0.1) is 0 Å². The summed E-state index contributed by atoms with van der Waals surface area (Å²) in [7, 11) is 0. The van der Waals surface area contributed by atoms with Crippen LogP contribution in [0.1, 0.15) is 16.9 Å². The van der Waals surface area contributed by atoms with Gasteiger partial charge in [0, 0.05) is 31.6 Å². The molecule has 2 nitrogen and oxygen atoms in total. The molecule has 0 N–H and O–H groups in total. The van der Waals surface area contributed by atoms with Crippen molar-refractivity contribution in [3.05, 3.63) is 59.5 Å². The maximum atomic E-state index is 5.43. The summed E-state index contributed by atoms with van der Waals surface area (Å²) < 4.78 is 5.43. The number of hydrogen-bond acceptors (Lipinski definition) is 2. The average molecular weight is 250 g/mol. The van der Waals surface area contributed by atoms with Gasteiger partial charge in [-0.25, -0.2) is 0 Å². The van der Waals surface area contributed by atoms with E-state index in [9.17, 15) is 0 Å². The fourth-order valence-corrected chi connectivity index (χ4v) is 2.28. The highest BCUT2D eigenvalue weighted by atomic mass is 35.5. The van der Waals surface area contributed by atoms with Gasteiger partial charge in [-0.05, 0) is 11.6 Å². The van der Waals surface area contributed by atoms with Gasteiger partial charge in [0.25, 0.3) is 0 Å². The van der Waals surface area contributed by atoms with Crippen molar-refractivity contribution >= 4 is 12.4 Å². The van der Waals surface area contributed by atoms with E-state index in [1.54, 1.807) is 6.26 Å². The van der Waals surface area contributed by atoms with Crippen molar-refractivity contribution in [1.82, 2.24) is 4.90 Å². The molecule has 0 amide bonds. The molecule has 1 aromatic carbocycles. The van der Waals surface area contributed by atoms with E-state index in [1.165, 1.54) is 16.9 Å². The number of hydrogen-bond donors (Lipinski definition) is 0. The quantitative estimate of drug-likeness (QED) is 0.812. The van der Waals surface area contributed by atoms with E-state index in [1.807, 2.05) is 0 Å². The Morgan fingerprint density at radius 2 is 1.94 bits per heavy atom. The minimum atomic E-state index is 0. The Kier molecular flexibility index (Phi) is 3.87. The van der Waals surface area contributed by atoms with Gasteiger partial charge in [0.1, 0.15) is 5.76 Å². The van der Waals surface area contributed by atoms with Gasteiger partial charge < -0.3 is 4.42 Å².